The van der Waals surface area contributed by atoms with E-state index in [1.807, 2.05) is 12.1 Å². The summed E-state index contributed by atoms with van der Waals surface area (Å²) < 4.78 is 19.0. The fourth-order valence-electron chi connectivity index (χ4n) is 4.09. The lowest BCUT2D eigenvalue weighted by Gasteiger charge is -2.34. The van der Waals surface area contributed by atoms with Crippen molar-refractivity contribution in [1.82, 2.24) is 14.7 Å². The maximum atomic E-state index is 13.1. The highest BCUT2D eigenvalue weighted by molar-refractivity contribution is 5.25. The molecule has 156 valence electrons. The van der Waals surface area contributed by atoms with E-state index in [1.54, 1.807) is 0 Å². The van der Waals surface area contributed by atoms with Crippen LogP contribution in [-0.2, 0) is 19.6 Å². The van der Waals surface area contributed by atoms with Crippen LogP contribution in [0.3, 0.4) is 0 Å². The van der Waals surface area contributed by atoms with Gasteiger partial charge in [-0.05, 0) is 43.6 Å². The molecule has 0 unspecified atom stereocenters. The molecule has 6 nitrogen and oxygen atoms in total. The maximum absolute atomic E-state index is 13.1. The van der Waals surface area contributed by atoms with E-state index in [2.05, 4.69) is 14.7 Å². The van der Waals surface area contributed by atoms with Crippen LogP contribution in [0.2, 0.25) is 0 Å². The summed E-state index contributed by atoms with van der Waals surface area (Å²) in [6.45, 7) is 7.27. The van der Waals surface area contributed by atoms with Gasteiger partial charge < -0.3 is 9.52 Å². The summed E-state index contributed by atoms with van der Waals surface area (Å²) in [6.07, 6.45) is 2.36. The van der Waals surface area contributed by atoms with Crippen LogP contribution >= 0.6 is 0 Å². The second kappa shape index (κ2) is 9.07. The Morgan fingerprint density at radius 2 is 1.45 bits per heavy atom. The average Bonchev–Trinajstić information content (AvgIpc) is 3.22. The Bertz CT molecular complexity index is 870. The summed E-state index contributed by atoms with van der Waals surface area (Å²) in [4.78, 5) is 19.0. The number of halogens is 1. The number of likely N-dealkylation sites (tertiary alicyclic amines) is 1. The van der Waals surface area contributed by atoms with E-state index in [4.69, 9.17) is 4.42 Å². The standard InChI is InChI=1S/C22H28FN3O3/c23-18-5-3-17(4-6-18)14-25-9-11-26(12-10-25)16-21-22(28)20(27)13-19(29-21)15-24-7-1-2-8-24/h3-6,13,28H,1-2,7-12,14-16H2. The molecule has 0 saturated carbocycles. The monoisotopic (exact) mass is 401 g/mol. The molecule has 0 spiro atoms. The van der Waals surface area contributed by atoms with Gasteiger partial charge in [-0.3, -0.25) is 19.5 Å². The minimum absolute atomic E-state index is 0.216. The largest absolute Gasteiger partial charge is 0.502 e. The van der Waals surface area contributed by atoms with E-state index in [-0.39, 0.29) is 17.0 Å². The third-order valence-electron chi connectivity index (χ3n) is 5.77. The zero-order valence-corrected chi connectivity index (χ0v) is 16.6. The highest BCUT2D eigenvalue weighted by atomic mass is 19.1. The van der Waals surface area contributed by atoms with E-state index in [0.717, 1.165) is 51.4 Å². The van der Waals surface area contributed by atoms with Gasteiger partial charge in [0.1, 0.15) is 11.6 Å². The van der Waals surface area contributed by atoms with E-state index in [0.29, 0.717) is 24.6 Å². The van der Waals surface area contributed by atoms with E-state index in [9.17, 15) is 14.3 Å². The molecule has 2 aliphatic heterocycles. The smallest absolute Gasteiger partial charge is 0.227 e. The lowest BCUT2D eigenvalue weighted by molar-refractivity contribution is 0.113. The van der Waals surface area contributed by atoms with Gasteiger partial charge in [0.2, 0.25) is 11.2 Å². The Balaban J connectivity index is 1.34. The normalized spacial score (nSPS) is 19.1. The molecule has 0 bridgehead atoms. The SMILES string of the molecule is O=c1cc(CN2CCCC2)oc(CN2CCN(Cc3ccc(F)cc3)CC2)c1O. The summed E-state index contributed by atoms with van der Waals surface area (Å²) in [7, 11) is 0. The molecule has 0 aliphatic carbocycles. The van der Waals surface area contributed by atoms with Gasteiger partial charge in [0.15, 0.2) is 5.76 Å². The summed E-state index contributed by atoms with van der Waals surface area (Å²) in [5.74, 6) is 0.495. The third kappa shape index (κ3) is 5.23. The second-order valence-corrected chi connectivity index (χ2v) is 8.01. The number of benzene rings is 1. The van der Waals surface area contributed by atoms with Crippen molar-refractivity contribution in [3.8, 4) is 5.75 Å². The van der Waals surface area contributed by atoms with Gasteiger partial charge in [-0.2, -0.15) is 0 Å². The second-order valence-electron chi connectivity index (χ2n) is 8.01. The summed E-state index contributed by atoms with van der Waals surface area (Å²) >= 11 is 0. The van der Waals surface area contributed by atoms with Gasteiger partial charge in [0.05, 0.1) is 13.1 Å². The van der Waals surface area contributed by atoms with Gasteiger partial charge in [-0.1, -0.05) is 12.1 Å². The molecule has 1 aromatic carbocycles. The molecular weight excluding hydrogens is 373 g/mol. The fourth-order valence-corrected chi connectivity index (χ4v) is 4.09. The molecule has 1 N–H and O–H groups in total. The molecular formula is C22H28FN3O3. The summed E-state index contributed by atoms with van der Waals surface area (Å²) in [5.41, 5.74) is 0.730. The molecule has 2 aromatic rings. The minimum atomic E-state index is -0.365. The molecule has 0 radical (unpaired) electrons. The van der Waals surface area contributed by atoms with Crippen LogP contribution < -0.4 is 5.43 Å². The Morgan fingerprint density at radius 1 is 0.862 bits per heavy atom. The van der Waals surface area contributed by atoms with Crippen molar-refractivity contribution >= 4 is 0 Å². The van der Waals surface area contributed by atoms with E-state index in [1.165, 1.54) is 31.0 Å². The van der Waals surface area contributed by atoms with Crippen molar-refractivity contribution in [2.75, 3.05) is 39.3 Å². The Labute approximate surface area is 170 Å². The van der Waals surface area contributed by atoms with Crippen LogP contribution in [0.4, 0.5) is 4.39 Å². The molecule has 2 aliphatic rings. The third-order valence-corrected chi connectivity index (χ3v) is 5.77. The van der Waals surface area contributed by atoms with Crippen LogP contribution in [-0.4, -0.2) is 59.1 Å². The first kappa shape index (κ1) is 20.1. The van der Waals surface area contributed by atoms with Crippen molar-refractivity contribution in [3.63, 3.8) is 0 Å². The van der Waals surface area contributed by atoms with Gasteiger partial charge in [0.25, 0.3) is 0 Å². The molecule has 29 heavy (non-hydrogen) atoms. The van der Waals surface area contributed by atoms with Crippen molar-refractivity contribution in [2.24, 2.45) is 0 Å². The molecule has 4 rings (SSSR count). The first-order valence-electron chi connectivity index (χ1n) is 10.3. The molecule has 7 heteroatoms. The van der Waals surface area contributed by atoms with Gasteiger partial charge in [0, 0.05) is 38.8 Å². The highest BCUT2D eigenvalue weighted by Crippen LogP contribution is 2.20. The Kier molecular flexibility index (Phi) is 6.28. The summed E-state index contributed by atoms with van der Waals surface area (Å²) in [6, 6.07) is 8.04. The topological polar surface area (TPSA) is 60.2 Å². The molecule has 2 saturated heterocycles. The highest BCUT2D eigenvalue weighted by Gasteiger charge is 2.21. The van der Waals surface area contributed by atoms with E-state index < -0.39 is 0 Å². The Hall–Kier alpha value is -2.22. The molecule has 0 atom stereocenters. The number of piperazine rings is 1. The number of hydrogen-bond donors (Lipinski definition) is 1. The molecule has 2 fully saturated rings. The lowest BCUT2D eigenvalue weighted by Crippen LogP contribution is -2.45. The zero-order valence-electron chi connectivity index (χ0n) is 16.6. The van der Waals surface area contributed by atoms with Crippen LogP contribution in [0, 0.1) is 5.82 Å². The van der Waals surface area contributed by atoms with Crippen molar-refractivity contribution < 1.29 is 13.9 Å². The predicted molar refractivity (Wildman–Crippen MR) is 108 cm³/mol. The Morgan fingerprint density at radius 3 is 2.10 bits per heavy atom. The van der Waals surface area contributed by atoms with Gasteiger partial charge in [-0.25, -0.2) is 4.39 Å². The predicted octanol–water partition coefficient (Wildman–Crippen LogP) is 2.40. The fraction of sp³-hybridized carbons (Fsp3) is 0.500. The van der Waals surface area contributed by atoms with Gasteiger partial charge in [-0.15, -0.1) is 0 Å². The van der Waals surface area contributed by atoms with Crippen LogP contribution in [0.1, 0.15) is 29.9 Å². The first-order valence-corrected chi connectivity index (χ1v) is 10.3. The number of nitrogens with zero attached hydrogens (tertiary/aromatic N) is 3. The lowest BCUT2D eigenvalue weighted by atomic mass is 10.2. The van der Waals surface area contributed by atoms with Crippen LogP contribution in [0.15, 0.2) is 39.5 Å². The van der Waals surface area contributed by atoms with Crippen LogP contribution in [0.5, 0.6) is 5.75 Å². The number of aromatic hydroxyl groups is 1. The minimum Gasteiger partial charge on any atom is -0.502 e. The van der Waals surface area contributed by atoms with Crippen molar-refractivity contribution in [2.45, 2.75) is 32.5 Å². The first-order chi connectivity index (χ1) is 14.1. The van der Waals surface area contributed by atoms with Crippen LogP contribution in [0.25, 0.3) is 0 Å². The van der Waals surface area contributed by atoms with E-state index >= 15 is 0 Å². The summed E-state index contributed by atoms with van der Waals surface area (Å²) in [5, 5.41) is 10.2. The zero-order chi connectivity index (χ0) is 20.2. The van der Waals surface area contributed by atoms with Crippen molar-refractivity contribution in [1.29, 1.82) is 0 Å². The maximum Gasteiger partial charge on any atom is 0.227 e. The quantitative estimate of drug-likeness (QED) is 0.802. The number of hydrogen-bond acceptors (Lipinski definition) is 6. The number of rotatable bonds is 6. The molecule has 3 heterocycles. The molecule has 1 aromatic heterocycles. The van der Waals surface area contributed by atoms with Crippen molar-refractivity contribution in [3.05, 3.63) is 63.5 Å². The molecule has 0 amide bonds. The van der Waals surface area contributed by atoms with Gasteiger partial charge >= 0.3 is 0 Å². The average molecular weight is 401 g/mol.